The van der Waals surface area contributed by atoms with E-state index in [9.17, 15) is 0 Å². The number of hydrogen-bond donors (Lipinski definition) is 2. The smallest absolute Gasteiger partial charge is 0.122 e. The maximum Gasteiger partial charge on any atom is 0.122 e. The molecule has 0 amide bonds. The Balaban J connectivity index is 0.000000300. The second kappa shape index (κ2) is 12.3. The second-order valence-corrected chi connectivity index (χ2v) is 7.63. The van der Waals surface area contributed by atoms with E-state index in [-0.39, 0.29) is 12.1 Å². The summed E-state index contributed by atoms with van der Waals surface area (Å²) < 4.78 is 21.2. The molecule has 4 N–H and O–H groups in total. The van der Waals surface area contributed by atoms with Gasteiger partial charge in [-0.05, 0) is 87.1 Å². The van der Waals surface area contributed by atoms with Crippen molar-refractivity contribution in [3.05, 3.63) is 46.5 Å². The summed E-state index contributed by atoms with van der Waals surface area (Å²) in [6.07, 6.45) is 1.58. The molecule has 2 aromatic carbocycles. The lowest BCUT2D eigenvalue weighted by atomic mass is 10.0. The summed E-state index contributed by atoms with van der Waals surface area (Å²) in [6, 6.07) is 8.19. The van der Waals surface area contributed by atoms with Crippen LogP contribution in [-0.2, 0) is 12.8 Å². The first kappa shape index (κ1) is 25.6. The largest absolute Gasteiger partial charge is 0.496 e. The van der Waals surface area contributed by atoms with E-state index in [0.29, 0.717) is 0 Å². The molecule has 2 aromatic rings. The average Bonchev–Trinajstić information content (AvgIpc) is 2.69. The highest BCUT2D eigenvalue weighted by molar-refractivity contribution is 5.47. The Labute approximate surface area is 181 Å². The van der Waals surface area contributed by atoms with Crippen molar-refractivity contribution >= 4 is 0 Å². The van der Waals surface area contributed by atoms with Gasteiger partial charge in [-0.3, -0.25) is 0 Å². The second-order valence-electron chi connectivity index (χ2n) is 7.63. The maximum atomic E-state index is 5.78. The molecule has 2 atom stereocenters. The minimum absolute atomic E-state index is 0.117. The van der Waals surface area contributed by atoms with Crippen LogP contribution < -0.4 is 30.4 Å². The molecule has 0 radical (unpaired) electrons. The van der Waals surface area contributed by atoms with Crippen molar-refractivity contribution in [2.75, 3.05) is 28.4 Å². The molecule has 2 rings (SSSR count). The van der Waals surface area contributed by atoms with Gasteiger partial charge in [-0.1, -0.05) is 0 Å². The van der Waals surface area contributed by atoms with Crippen molar-refractivity contribution < 1.29 is 18.9 Å². The molecule has 0 bridgehead atoms. The van der Waals surface area contributed by atoms with Gasteiger partial charge in [-0.2, -0.15) is 0 Å². The van der Waals surface area contributed by atoms with Gasteiger partial charge >= 0.3 is 0 Å². The van der Waals surface area contributed by atoms with Crippen LogP contribution in [0.25, 0.3) is 0 Å². The molecule has 6 nitrogen and oxygen atoms in total. The quantitative estimate of drug-likeness (QED) is 0.678. The molecule has 30 heavy (non-hydrogen) atoms. The molecule has 0 aliphatic heterocycles. The zero-order chi connectivity index (χ0) is 22.8. The van der Waals surface area contributed by atoms with Gasteiger partial charge < -0.3 is 30.4 Å². The van der Waals surface area contributed by atoms with Gasteiger partial charge in [0.1, 0.15) is 23.0 Å². The van der Waals surface area contributed by atoms with E-state index in [2.05, 4.69) is 0 Å². The monoisotopic (exact) mass is 418 g/mol. The van der Waals surface area contributed by atoms with Gasteiger partial charge in [0, 0.05) is 12.1 Å². The first-order valence-electron chi connectivity index (χ1n) is 10.1. The fourth-order valence-corrected chi connectivity index (χ4v) is 3.24. The molecule has 0 aliphatic rings. The Kier molecular flexibility index (Phi) is 10.5. The summed E-state index contributed by atoms with van der Waals surface area (Å²) in [6.45, 7) is 7.95. The Bertz CT molecular complexity index is 737. The zero-order valence-electron chi connectivity index (χ0n) is 19.7. The lowest BCUT2D eigenvalue weighted by Gasteiger charge is -2.14. The number of benzene rings is 2. The predicted octanol–water partition coefficient (Wildman–Crippen LogP) is 3.80. The molecular weight excluding hydrogens is 380 g/mol. The third-order valence-corrected chi connectivity index (χ3v) is 4.68. The highest BCUT2D eigenvalue weighted by Crippen LogP contribution is 2.29. The average molecular weight is 419 g/mol. The fourth-order valence-electron chi connectivity index (χ4n) is 3.24. The van der Waals surface area contributed by atoms with Crippen molar-refractivity contribution in [1.29, 1.82) is 0 Å². The SMILES string of the molecule is COc1cc(CC(C)N)c(OC)cc1C.COc1cc(CC(C)N)c(OC)cc1C. The highest BCUT2D eigenvalue weighted by Gasteiger charge is 2.11. The molecular formula is C24H38N2O4. The summed E-state index contributed by atoms with van der Waals surface area (Å²) in [7, 11) is 6.69. The van der Waals surface area contributed by atoms with E-state index < -0.39 is 0 Å². The van der Waals surface area contributed by atoms with Crippen LogP contribution in [0.3, 0.4) is 0 Å². The van der Waals surface area contributed by atoms with E-state index in [1.165, 1.54) is 0 Å². The summed E-state index contributed by atoms with van der Waals surface area (Å²) in [4.78, 5) is 0. The molecule has 0 spiro atoms. The Morgan fingerprint density at radius 1 is 0.600 bits per heavy atom. The number of rotatable bonds is 8. The molecule has 0 aliphatic carbocycles. The molecule has 168 valence electrons. The van der Waals surface area contributed by atoms with Crippen LogP contribution in [0.2, 0.25) is 0 Å². The summed E-state index contributed by atoms with van der Waals surface area (Å²) in [5.74, 6) is 3.52. The molecule has 0 saturated carbocycles. The summed E-state index contributed by atoms with van der Waals surface area (Å²) in [5, 5.41) is 0. The number of methoxy groups -OCH3 is 4. The van der Waals surface area contributed by atoms with E-state index >= 15 is 0 Å². The van der Waals surface area contributed by atoms with Crippen LogP contribution in [0.5, 0.6) is 23.0 Å². The van der Waals surface area contributed by atoms with Crippen LogP contribution >= 0.6 is 0 Å². The summed E-state index contributed by atoms with van der Waals surface area (Å²) in [5.41, 5.74) is 15.9. The number of hydrogen-bond acceptors (Lipinski definition) is 6. The van der Waals surface area contributed by atoms with E-state index in [1.807, 2.05) is 52.0 Å². The number of nitrogens with two attached hydrogens (primary N) is 2. The van der Waals surface area contributed by atoms with E-state index in [1.54, 1.807) is 28.4 Å². The third kappa shape index (κ3) is 7.43. The van der Waals surface area contributed by atoms with Crippen LogP contribution in [0.1, 0.15) is 36.1 Å². The Hall–Kier alpha value is -2.44. The van der Waals surface area contributed by atoms with Crippen LogP contribution in [0.15, 0.2) is 24.3 Å². The van der Waals surface area contributed by atoms with Crippen molar-refractivity contribution in [1.82, 2.24) is 0 Å². The van der Waals surface area contributed by atoms with Crippen LogP contribution in [0, 0.1) is 13.8 Å². The highest BCUT2D eigenvalue weighted by atomic mass is 16.5. The number of aryl methyl sites for hydroxylation is 2. The predicted molar refractivity (Wildman–Crippen MR) is 123 cm³/mol. The lowest BCUT2D eigenvalue weighted by molar-refractivity contribution is 0.395. The zero-order valence-corrected chi connectivity index (χ0v) is 19.7. The van der Waals surface area contributed by atoms with Crippen LogP contribution in [-0.4, -0.2) is 40.5 Å². The van der Waals surface area contributed by atoms with Crippen LogP contribution in [0.4, 0.5) is 0 Å². The minimum atomic E-state index is 0.117. The molecule has 0 heterocycles. The molecule has 0 fully saturated rings. The Morgan fingerprint density at radius 2 is 0.900 bits per heavy atom. The van der Waals surface area contributed by atoms with Crippen molar-refractivity contribution in [2.45, 2.75) is 52.6 Å². The lowest BCUT2D eigenvalue weighted by Crippen LogP contribution is -2.18. The normalized spacial score (nSPS) is 12.3. The maximum absolute atomic E-state index is 5.78. The molecule has 0 saturated heterocycles. The van der Waals surface area contributed by atoms with Gasteiger partial charge in [0.15, 0.2) is 0 Å². The number of ether oxygens (including phenoxy) is 4. The first-order chi connectivity index (χ1) is 14.2. The van der Waals surface area contributed by atoms with Gasteiger partial charge in [0.05, 0.1) is 28.4 Å². The fraction of sp³-hybridized carbons (Fsp3) is 0.500. The standard InChI is InChI=1S/2C12H19NO2/c2*1-8-5-12(15-4)10(6-9(2)13)7-11(8)14-3/h2*5,7,9H,6,13H2,1-4H3. The Morgan fingerprint density at radius 3 is 1.13 bits per heavy atom. The molecule has 0 aromatic heterocycles. The topological polar surface area (TPSA) is 89.0 Å². The van der Waals surface area contributed by atoms with Crippen molar-refractivity contribution in [3.63, 3.8) is 0 Å². The summed E-state index contributed by atoms with van der Waals surface area (Å²) >= 11 is 0. The van der Waals surface area contributed by atoms with E-state index in [4.69, 9.17) is 30.4 Å². The molecule has 2 unspecified atom stereocenters. The van der Waals surface area contributed by atoms with Gasteiger partial charge in [0.25, 0.3) is 0 Å². The van der Waals surface area contributed by atoms with Gasteiger partial charge in [-0.15, -0.1) is 0 Å². The first-order valence-corrected chi connectivity index (χ1v) is 10.1. The van der Waals surface area contributed by atoms with Gasteiger partial charge in [0.2, 0.25) is 0 Å². The third-order valence-electron chi connectivity index (χ3n) is 4.68. The van der Waals surface area contributed by atoms with Crippen molar-refractivity contribution in [3.8, 4) is 23.0 Å². The van der Waals surface area contributed by atoms with Crippen molar-refractivity contribution in [2.24, 2.45) is 11.5 Å². The molecule has 6 heteroatoms. The van der Waals surface area contributed by atoms with E-state index in [0.717, 1.165) is 58.1 Å². The van der Waals surface area contributed by atoms with Gasteiger partial charge in [-0.25, -0.2) is 0 Å². The minimum Gasteiger partial charge on any atom is -0.496 e.